The summed E-state index contributed by atoms with van der Waals surface area (Å²) in [6.45, 7) is 0. The van der Waals surface area contributed by atoms with Crippen LogP contribution >= 0.6 is 22.6 Å². The summed E-state index contributed by atoms with van der Waals surface area (Å²) < 4.78 is 5.90. The molecule has 132 valence electrons. The van der Waals surface area contributed by atoms with Crippen molar-refractivity contribution in [3.63, 3.8) is 0 Å². The van der Waals surface area contributed by atoms with Gasteiger partial charge in [0, 0.05) is 21.6 Å². The monoisotopic (exact) mass is 460 g/mol. The lowest BCUT2D eigenvalue weighted by Gasteiger charge is -2.18. The van der Waals surface area contributed by atoms with Gasteiger partial charge in [-0.3, -0.25) is 9.78 Å². The summed E-state index contributed by atoms with van der Waals surface area (Å²) in [7, 11) is 1.32. The van der Waals surface area contributed by atoms with Crippen molar-refractivity contribution >= 4 is 45.4 Å². The third-order valence-electron chi connectivity index (χ3n) is 4.05. The van der Waals surface area contributed by atoms with E-state index in [-0.39, 0.29) is 5.91 Å². The van der Waals surface area contributed by atoms with Gasteiger partial charge >= 0.3 is 5.97 Å². The Morgan fingerprint density at radius 1 is 1.12 bits per heavy atom. The largest absolute Gasteiger partial charge is 0.467 e. The lowest BCUT2D eigenvalue weighted by Crippen LogP contribution is -2.43. The molecule has 3 aromatic rings. The quantitative estimate of drug-likeness (QED) is 0.469. The molecule has 6 heteroatoms. The Bertz CT molecular complexity index is 953. The molecule has 0 spiro atoms. The second kappa shape index (κ2) is 8.27. The molecule has 5 nitrogen and oxygen atoms in total. The summed E-state index contributed by atoms with van der Waals surface area (Å²) in [6, 6.07) is 16.1. The molecule has 1 heterocycles. The SMILES string of the molecule is COC(=O)[C@@H](Cc1ccccc1I)NC(=O)c1cccc2cccnc12. The predicted molar refractivity (Wildman–Crippen MR) is 108 cm³/mol. The van der Waals surface area contributed by atoms with E-state index in [2.05, 4.69) is 32.9 Å². The van der Waals surface area contributed by atoms with E-state index in [0.717, 1.165) is 14.5 Å². The minimum Gasteiger partial charge on any atom is -0.467 e. The second-order valence-electron chi connectivity index (χ2n) is 5.73. The number of methoxy groups -OCH3 is 1. The Hall–Kier alpha value is -2.48. The summed E-state index contributed by atoms with van der Waals surface area (Å²) in [5, 5.41) is 3.66. The molecule has 0 radical (unpaired) electrons. The number of amides is 1. The van der Waals surface area contributed by atoms with Gasteiger partial charge in [0.1, 0.15) is 6.04 Å². The maximum absolute atomic E-state index is 12.8. The molecule has 0 aliphatic carbocycles. The zero-order valence-corrected chi connectivity index (χ0v) is 16.3. The number of pyridine rings is 1. The number of benzene rings is 2. The molecule has 1 amide bonds. The molecule has 3 rings (SSSR count). The van der Waals surface area contributed by atoms with Gasteiger partial charge in [-0.15, -0.1) is 0 Å². The van der Waals surface area contributed by atoms with Gasteiger partial charge in [-0.05, 0) is 46.4 Å². The third-order valence-corrected chi connectivity index (χ3v) is 5.10. The van der Waals surface area contributed by atoms with Gasteiger partial charge in [-0.25, -0.2) is 4.79 Å². The fourth-order valence-corrected chi connectivity index (χ4v) is 3.35. The summed E-state index contributed by atoms with van der Waals surface area (Å²) in [6.07, 6.45) is 2.00. The van der Waals surface area contributed by atoms with Gasteiger partial charge in [-0.1, -0.05) is 36.4 Å². The highest BCUT2D eigenvalue weighted by molar-refractivity contribution is 14.1. The normalized spacial score (nSPS) is 11.8. The molecule has 0 fully saturated rings. The minimum atomic E-state index is -0.776. The van der Waals surface area contributed by atoms with Crippen LogP contribution in [-0.4, -0.2) is 30.0 Å². The smallest absolute Gasteiger partial charge is 0.328 e. The molecule has 0 aliphatic heterocycles. The van der Waals surface area contributed by atoms with E-state index in [4.69, 9.17) is 4.74 Å². The van der Waals surface area contributed by atoms with Gasteiger partial charge < -0.3 is 10.1 Å². The molecule has 1 N–H and O–H groups in total. The summed E-state index contributed by atoms with van der Waals surface area (Å²) >= 11 is 2.21. The highest BCUT2D eigenvalue weighted by Crippen LogP contribution is 2.17. The number of nitrogens with zero attached hydrogens (tertiary/aromatic N) is 1. The van der Waals surface area contributed by atoms with Gasteiger partial charge in [0.05, 0.1) is 18.2 Å². The number of rotatable bonds is 5. The van der Waals surface area contributed by atoms with E-state index in [1.165, 1.54) is 7.11 Å². The van der Waals surface area contributed by atoms with Crippen LogP contribution in [0, 0.1) is 3.57 Å². The molecule has 0 saturated heterocycles. The van der Waals surface area contributed by atoms with Crippen LogP contribution in [0.15, 0.2) is 60.8 Å². The third kappa shape index (κ3) is 4.01. The predicted octanol–water partition coefficient (Wildman–Crippen LogP) is 3.35. The first-order valence-electron chi connectivity index (χ1n) is 8.06. The minimum absolute atomic E-state index is 0.351. The summed E-state index contributed by atoms with van der Waals surface area (Å²) in [5.74, 6) is -0.832. The van der Waals surface area contributed by atoms with Crippen LogP contribution in [0.4, 0.5) is 0 Å². The summed E-state index contributed by atoms with van der Waals surface area (Å²) in [4.78, 5) is 29.3. The van der Waals surface area contributed by atoms with Crippen molar-refractivity contribution in [3.8, 4) is 0 Å². The molecule has 0 saturated carbocycles. The molecule has 0 unspecified atom stereocenters. The van der Waals surface area contributed by atoms with E-state index >= 15 is 0 Å². The standard InChI is InChI=1S/C20H17IN2O3/c1-26-20(25)17(12-14-6-2-3-10-16(14)21)23-19(24)15-9-4-7-13-8-5-11-22-18(13)15/h2-11,17H,12H2,1H3,(H,23,24)/t17-/m1/s1. The molecule has 0 bridgehead atoms. The van der Waals surface area contributed by atoms with Crippen molar-refractivity contribution in [1.82, 2.24) is 10.3 Å². The Labute approximate surface area is 164 Å². The molecular weight excluding hydrogens is 443 g/mol. The van der Waals surface area contributed by atoms with Crippen LogP contribution in [0.5, 0.6) is 0 Å². The van der Waals surface area contributed by atoms with Crippen LogP contribution in [0.2, 0.25) is 0 Å². The van der Waals surface area contributed by atoms with Crippen LogP contribution in [0.3, 0.4) is 0 Å². The number of carbonyl (C=O) groups is 2. The second-order valence-corrected chi connectivity index (χ2v) is 6.89. The lowest BCUT2D eigenvalue weighted by atomic mass is 10.0. The Morgan fingerprint density at radius 2 is 1.88 bits per heavy atom. The van der Waals surface area contributed by atoms with Gasteiger partial charge in [0.15, 0.2) is 0 Å². The van der Waals surface area contributed by atoms with Crippen molar-refractivity contribution in [3.05, 3.63) is 75.5 Å². The lowest BCUT2D eigenvalue weighted by molar-refractivity contribution is -0.142. The van der Waals surface area contributed by atoms with Crippen LogP contribution in [-0.2, 0) is 16.0 Å². The molecule has 1 aromatic heterocycles. The Morgan fingerprint density at radius 3 is 2.65 bits per heavy atom. The maximum Gasteiger partial charge on any atom is 0.328 e. The van der Waals surface area contributed by atoms with E-state index < -0.39 is 12.0 Å². The number of esters is 1. The summed E-state index contributed by atoms with van der Waals surface area (Å²) in [5.41, 5.74) is 2.00. The fourth-order valence-electron chi connectivity index (χ4n) is 2.74. The number of carbonyl (C=O) groups excluding carboxylic acids is 2. The molecule has 1 atom stereocenters. The topological polar surface area (TPSA) is 68.3 Å². The number of nitrogens with one attached hydrogen (secondary N) is 1. The van der Waals surface area contributed by atoms with Crippen molar-refractivity contribution < 1.29 is 14.3 Å². The number of fused-ring (bicyclic) bond motifs is 1. The average molecular weight is 460 g/mol. The number of hydrogen-bond acceptors (Lipinski definition) is 4. The van der Waals surface area contributed by atoms with E-state index in [0.29, 0.717) is 17.5 Å². The first-order valence-corrected chi connectivity index (χ1v) is 9.14. The maximum atomic E-state index is 12.8. The number of hydrogen-bond donors (Lipinski definition) is 1. The van der Waals surface area contributed by atoms with Gasteiger partial charge in [0.2, 0.25) is 0 Å². The zero-order valence-electron chi connectivity index (χ0n) is 14.1. The molecule has 26 heavy (non-hydrogen) atoms. The Kier molecular flexibility index (Phi) is 5.82. The van der Waals surface area contributed by atoms with E-state index in [9.17, 15) is 9.59 Å². The van der Waals surface area contributed by atoms with Crippen molar-refractivity contribution in [2.45, 2.75) is 12.5 Å². The molecular formula is C20H17IN2O3. The molecule has 2 aromatic carbocycles. The Balaban J connectivity index is 1.88. The first-order chi connectivity index (χ1) is 12.6. The first kappa shape index (κ1) is 18.3. The molecule has 0 aliphatic rings. The number of aromatic nitrogens is 1. The van der Waals surface area contributed by atoms with Crippen LogP contribution in [0.1, 0.15) is 15.9 Å². The van der Waals surface area contributed by atoms with Crippen molar-refractivity contribution in [2.75, 3.05) is 7.11 Å². The van der Waals surface area contributed by atoms with Crippen LogP contribution < -0.4 is 5.32 Å². The number of para-hydroxylation sites is 1. The number of halogens is 1. The van der Waals surface area contributed by atoms with Crippen LogP contribution in [0.25, 0.3) is 10.9 Å². The highest BCUT2D eigenvalue weighted by atomic mass is 127. The zero-order chi connectivity index (χ0) is 18.5. The van der Waals surface area contributed by atoms with Gasteiger partial charge in [0.25, 0.3) is 5.91 Å². The van der Waals surface area contributed by atoms with E-state index in [1.54, 1.807) is 18.3 Å². The fraction of sp³-hybridized carbons (Fsp3) is 0.150. The highest BCUT2D eigenvalue weighted by Gasteiger charge is 2.24. The van der Waals surface area contributed by atoms with Gasteiger partial charge in [-0.2, -0.15) is 0 Å². The van der Waals surface area contributed by atoms with E-state index in [1.807, 2.05) is 42.5 Å². The van der Waals surface area contributed by atoms with Crippen molar-refractivity contribution in [2.24, 2.45) is 0 Å². The van der Waals surface area contributed by atoms with Crippen molar-refractivity contribution in [1.29, 1.82) is 0 Å². The average Bonchev–Trinajstić information content (AvgIpc) is 2.67. The number of ether oxygens (including phenoxy) is 1.